The Morgan fingerprint density at radius 1 is 1.19 bits per heavy atom. The predicted octanol–water partition coefficient (Wildman–Crippen LogP) is 1.22. The maximum absolute atomic E-state index is 12.2. The van der Waals surface area contributed by atoms with Crippen molar-refractivity contribution in [3.8, 4) is 0 Å². The number of ether oxygens (including phenoxy) is 1. The number of nitrogens with zero attached hydrogens (tertiary/aromatic N) is 1. The number of alkyl carbamates (subject to hydrolysis) is 1. The van der Waals surface area contributed by atoms with Gasteiger partial charge in [-0.25, -0.2) is 14.4 Å². The molecule has 27 heavy (non-hydrogen) atoms. The molecule has 9 heteroatoms. The van der Waals surface area contributed by atoms with Crippen molar-refractivity contribution in [3.05, 3.63) is 35.9 Å². The molecule has 146 valence electrons. The number of carboxylic acid groups (broad SMARTS) is 2. The number of hydrogen-bond donors (Lipinski definition) is 3. The fourth-order valence-electron chi connectivity index (χ4n) is 2.90. The molecule has 1 saturated heterocycles. The maximum atomic E-state index is 12.2. The Kier molecular flexibility index (Phi) is 7.16. The molecule has 0 aliphatic carbocycles. The van der Waals surface area contributed by atoms with Crippen LogP contribution in [0.2, 0.25) is 0 Å². The molecule has 0 saturated carbocycles. The van der Waals surface area contributed by atoms with Crippen LogP contribution in [0.3, 0.4) is 0 Å². The molecule has 0 spiro atoms. The van der Waals surface area contributed by atoms with Crippen LogP contribution in [-0.2, 0) is 25.7 Å². The van der Waals surface area contributed by atoms with Crippen molar-refractivity contribution in [2.24, 2.45) is 0 Å². The average molecular weight is 378 g/mol. The highest BCUT2D eigenvalue weighted by Crippen LogP contribution is 2.19. The molecule has 1 aromatic rings. The smallest absolute Gasteiger partial charge is 0.408 e. The lowest BCUT2D eigenvalue weighted by Gasteiger charge is -2.22. The SMILES string of the molecule is O=C(N[C@@H](CCC(=O)N1CCC[C@H]1C(=O)O)C(=O)O)OCc1ccccc1. The van der Waals surface area contributed by atoms with Gasteiger partial charge in [-0.05, 0) is 24.8 Å². The van der Waals surface area contributed by atoms with Crippen LogP contribution in [0, 0.1) is 0 Å². The quantitative estimate of drug-likeness (QED) is 0.619. The number of carboxylic acids is 2. The first kappa shape index (κ1) is 20.2. The van der Waals surface area contributed by atoms with Crippen LogP contribution in [-0.4, -0.2) is 57.7 Å². The van der Waals surface area contributed by atoms with Crippen molar-refractivity contribution in [3.63, 3.8) is 0 Å². The van der Waals surface area contributed by atoms with E-state index in [2.05, 4.69) is 5.32 Å². The van der Waals surface area contributed by atoms with E-state index >= 15 is 0 Å². The second-order valence-electron chi connectivity index (χ2n) is 6.22. The highest BCUT2D eigenvalue weighted by molar-refractivity contribution is 5.85. The van der Waals surface area contributed by atoms with E-state index in [-0.39, 0.29) is 19.4 Å². The van der Waals surface area contributed by atoms with E-state index in [1.807, 2.05) is 6.07 Å². The number of carbonyl (C=O) groups excluding carboxylic acids is 2. The molecule has 1 fully saturated rings. The van der Waals surface area contributed by atoms with Gasteiger partial charge in [0.05, 0.1) is 0 Å². The van der Waals surface area contributed by atoms with Crippen LogP contribution in [0.25, 0.3) is 0 Å². The summed E-state index contributed by atoms with van der Waals surface area (Å²) in [5.74, 6) is -2.81. The van der Waals surface area contributed by atoms with Gasteiger partial charge in [0, 0.05) is 13.0 Å². The summed E-state index contributed by atoms with van der Waals surface area (Å²) in [6, 6.07) is 6.73. The Morgan fingerprint density at radius 2 is 1.89 bits per heavy atom. The molecular weight excluding hydrogens is 356 g/mol. The third-order valence-electron chi connectivity index (χ3n) is 4.31. The summed E-state index contributed by atoms with van der Waals surface area (Å²) in [5, 5.41) is 20.6. The minimum atomic E-state index is -1.30. The van der Waals surface area contributed by atoms with Gasteiger partial charge in [0.1, 0.15) is 18.7 Å². The second-order valence-corrected chi connectivity index (χ2v) is 6.22. The zero-order valence-electron chi connectivity index (χ0n) is 14.7. The minimum absolute atomic E-state index is 0.00792. The van der Waals surface area contributed by atoms with Gasteiger partial charge >= 0.3 is 18.0 Å². The summed E-state index contributed by atoms with van der Waals surface area (Å²) in [4.78, 5) is 47.7. The standard InChI is InChI=1S/C18H22N2O7/c21-15(20-10-4-7-14(20)17(24)25)9-8-13(16(22)23)19-18(26)27-11-12-5-2-1-3-6-12/h1-3,5-6,13-14H,4,7-11H2,(H,19,26)(H,22,23)(H,24,25)/t13-,14-/m0/s1. The first-order valence-corrected chi connectivity index (χ1v) is 8.60. The summed E-state index contributed by atoms with van der Waals surface area (Å²) in [5.41, 5.74) is 0.753. The lowest BCUT2D eigenvalue weighted by molar-refractivity contribution is -0.148. The Balaban J connectivity index is 1.82. The number of rotatable bonds is 8. The van der Waals surface area contributed by atoms with Crippen molar-refractivity contribution in [2.45, 2.75) is 44.4 Å². The topological polar surface area (TPSA) is 133 Å². The van der Waals surface area contributed by atoms with E-state index in [0.717, 1.165) is 5.56 Å². The van der Waals surface area contributed by atoms with E-state index in [1.54, 1.807) is 24.3 Å². The first-order chi connectivity index (χ1) is 12.9. The van der Waals surface area contributed by atoms with Gasteiger partial charge in [-0.2, -0.15) is 0 Å². The zero-order valence-corrected chi connectivity index (χ0v) is 14.7. The van der Waals surface area contributed by atoms with Gasteiger partial charge in [0.15, 0.2) is 0 Å². The monoisotopic (exact) mass is 378 g/mol. The maximum Gasteiger partial charge on any atom is 0.408 e. The van der Waals surface area contributed by atoms with Gasteiger partial charge in [-0.15, -0.1) is 0 Å². The lowest BCUT2D eigenvalue weighted by atomic mass is 10.1. The normalized spacial score (nSPS) is 17.2. The fraction of sp³-hybridized carbons (Fsp3) is 0.444. The summed E-state index contributed by atoms with van der Waals surface area (Å²) < 4.78 is 4.98. The number of amides is 2. The molecule has 2 rings (SSSR count). The Hall–Kier alpha value is -3.10. The molecule has 1 aromatic carbocycles. The summed E-state index contributed by atoms with van der Waals surface area (Å²) >= 11 is 0. The van der Waals surface area contributed by atoms with Crippen molar-refractivity contribution < 1.29 is 34.1 Å². The summed E-state index contributed by atoms with van der Waals surface area (Å²) in [7, 11) is 0. The van der Waals surface area contributed by atoms with Crippen molar-refractivity contribution in [2.75, 3.05) is 6.54 Å². The minimum Gasteiger partial charge on any atom is -0.480 e. The number of hydrogen-bond acceptors (Lipinski definition) is 5. The van der Waals surface area contributed by atoms with Crippen LogP contribution in [0.1, 0.15) is 31.2 Å². The molecule has 3 N–H and O–H groups in total. The summed E-state index contributed by atoms with van der Waals surface area (Å²) in [6.45, 7) is 0.325. The van der Waals surface area contributed by atoms with Crippen LogP contribution >= 0.6 is 0 Å². The van der Waals surface area contributed by atoms with Gasteiger partial charge in [-0.1, -0.05) is 30.3 Å². The highest BCUT2D eigenvalue weighted by Gasteiger charge is 2.34. The molecule has 2 atom stereocenters. The number of likely N-dealkylation sites (tertiary alicyclic amines) is 1. The number of benzene rings is 1. The molecule has 1 aliphatic heterocycles. The summed E-state index contributed by atoms with van der Waals surface area (Å²) in [6.07, 6.45) is -0.261. The molecule has 2 amide bonds. The van der Waals surface area contributed by atoms with E-state index in [0.29, 0.717) is 19.4 Å². The Labute approximate surface area is 155 Å². The van der Waals surface area contributed by atoms with Gasteiger partial charge in [0.2, 0.25) is 5.91 Å². The van der Waals surface area contributed by atoms with Crippen molar-refractivity contribution in [1.29, 1.82) is 0 Å². The van der Waals surface area contributed by atoms with E-state index in [4.69, 9.17) is 9.84 Å². The first-order valence-electron chi connectivity index (χ1n) is 8.60. The molecular formula is C18H22N2O7. The van der Waals surface area contributed by atoms with E-state index in [9.17, 15) is 24.3 Å². The van der Waals surface area contributed by atoms with Crippen LogP contribution in [0.4, 0.5) is 4.79 Å². The van der Waals surface area contributed by atoms with Crippen molar-refractivity contribution >= 4 is 23.9 Å². The third kappa shape index (κ3) is 5.98. The largest absolute Gasteiger partial charge is 0.480 e. The molecule has 0 unspecified atom stereocenters. The van der Waals surface area contributed by atoms with Crippen LogP contribution in [0.15, 0.2) is 30.3 Å². The average Bonchev–Trinajstić information content (AvgIpc) is 3.14. The fourth-order valence-corrected chi connectivity index (χ4v) is 2.90. The molecule has 0 aromatic heterocycles. The van der Waals surface area contributed by atoms with E-state index in [1.165, 1.54) is 4.90 Å². The van der Waals surface area contributed by atoms with Gasteiger partial charge in [-0.3, -0.25) is 4.79 Å². The Morgan fingerprint density at radius 3 is 2.52 bits per heavy atom. The second kappa shape index (κ2) is 9.56. The number of aliphatic carboxylic acids is 2. The lowest BCUT2D eigenvalue weighted by Crippen LogP contribution is -2.44. The van der Waals surface area contributed by atoms with Crippen LogP contribution < -0.4 is 5.32 Å². The van der Waals surface area contributed by atoms with Crippen LogP contribution in [0.5, 0.6) is 0 Å². The highest BCUT2D eigenvalue weighted by atomic mass is 16.5. The molecule has 0 radical (unpaired) electrons. The molecule has 1 heterocycles. The molecule has 0 bridgehead atoms. The zero-order chi connectivity index (χ0) is 19.8. The number of nitrogens with one attached hydrogen (secondary N) is 1. The molecule has 1 aliphatic rings. The third-order valence-corrected chi connectivity index (χ3v) is 4.31. The molecule has 9 nitrogen and oxygen atoms in total. The van der Waals surface area contributed by atoms with Gasteiger partial charge in [0.25, 0.3) is 0 Å². The Bertz CT molecular complexity index is 692. The van der Waals surface area contributed by atoms with E-state index < -0.39 is 36.0 Å². The van der Waals surface area contributed by atoms with Crippen molar-refractivity contribution in [1.82, 2.24) is 10.2 Å². The van der Waals surface area contributed by atoms with Gasteiger partial charge < -0.3 is 25.2 Å². The number of carbonyl (C=O) groups is 4. The predicted molar refractivity (Wildman–Crippen MR) is 92.8 cm³/mol.